The maximum atomic E-state index is 12.2. The molecule has 0 bridgehead atoms. The highest BCUT2D eigenvalue weighted by Crippen LogP contribution is 2.22. The van der Waals surface area contributed by atoms with Crippen molar-refractivity contribution >= 4 is 11.6 Å². The van der Waals surface area contributed by atoms with Gasteiger partial charge in [-0.15, -0.1) is 0 Å². The first kappa shape index (κ1) is 15.6. The minimum Gasteiger partial charge on any atom is -0.334 e. The van der Waals surface area contributed by atoms with Crippen LogP contribution in [0.2, 0.25) is 0 Å². The molecule has 0 saturated heterocycles. The van der Waals surface area contributed by atoms with Crippen LogP contribution in [0.5, 0.6) is 0 Å². The molecular weight excluding hydrogens is 258 g/mol. The van der Waals surface area contributed by atoms with Gasteiger partial charge in [-0.2, -0.15) is 5.26 Å². The van der Waals surface area contributed by atoms with E-state index >= 15 is 0 Å². The molecule has 0 aliphatic heterocycles. The van der Waals surface area contributed by atoms with Gasteiger partial charge in [0.15, 0.2) is 0 Å². The Bertz CT molecular complexity index is 572. The fourth-order valence-corrected chi connectivity index (χ4v) is 1.96. The molecule has 0 fully saturated rings. The Morgan fingerprint density at radius 3 is 2.50 bits per heavy atom. The van der Waals surface area contributed by atoms with Gasteiger partial charge in [-0.25, -0.2) is 0 Å². The number of hydrogen-bond donors (Lipinski definition) is 1. The number of nitro benzene ring substituents is 1. The first-order valence-corrected chi connectivity index (χ1v) is 6.38. The first-order valence-electron chi connectivity index (χ1n) is 6.38. The summed E-state index contributed by atoms with van der Waals surface area (Å²) in [6, 6.07) is 6.44. The number of carbonyl (C=O) groups is 1. The van der Waals surface area contributed by atoms with Crippen molar-refractivity contribution in [2.45, 2.75) is 39.2 Å². The molecule has 0 atom stereocenters. The average Bonchev–Trinajstić information content (AvgIpc) is 2.44. The lowest BCUT2D eigenvalue weighted by molar-refractivity contribution is -0.385. The first-order chi connectivity index (χ1) is 9.40. The predicted molar refractivity (Wildman–Crippen MR) is 74.2 cm³/mol. The Morgan fingerprint density at radius 2 is 2.05 bits per heavy atom. The molecule has 6 heteroatoms. The van der Waals surface area contributed by atoms with E-state index in [4.69, 9.17) is 0 Å². The topological polar surface area (TPSA) is 96.0 Å². The second-order valence-electron chi connectivity index (χ2n) is 4.56. The van der Waals surface area contributed by atoms with Crippen LogP contribution in [0, 0.1) is 28.4 Å². The summed E-state index contributed by atoms with van der Waals surface area (Å²) in [6.07, 6.45) is 0.944. The fourth-order valence-electron chi connectivity index (χ4n) is 1.96. The predicted octanol–water partition coefficient (Wildman–Crippen LogP) is 2.72. The monoisotopic (exact) mass is 275 g/mol. The van der Waals surface area contributed by atoms with E-state index in [0.717, 1.165) is 0 Å². The molecule has 0 aliphatic carbocycles. The van der Waals surface area contributed by atoms with Gasteiger partial charge in [-0.05, 0) is 25.8 Å². The Balaban J connectivity index is 3.14. The van der Waals surface area contributed by atoms with Crippen LogP contribution in [-0.4, -0.2) is 16.4 Å². The molecule has 20 heavy (non-hydrogen) atoms. The van der Waals surface area contributed by atoms with Gasteiger partial charge in [0.05, 0.1) is 11.0 Å². The summed E-state index contributed by atoms with van der Waals surface area (Å²) >= 11 is 0. The SMILES string of the molecule is CCC(C#N)(CC)NC(=O)c1cccc([N+](=O)[O-])c1C. The van der Waals surface area contributed by atoms with Crippen molar-refractivity contribution in [2.75, 3.05) is 0 Å². The van der Waals surface area contributed by atoms with Crippen molar-refractivity contribution in [3.05, 3.63) is 39.4 Å². The average molecular weight is 275 g/mol. The summed E-state index contributed by atoms with van der Waals surface area (Å²) in [5, 5.41) is 22.8. The largest absolute Gasteiger partial charge is 0.334 e. The highest BCUT2D eigenvalue weighted by Gasteiger charge is 2.29. The third kappa shape index (κ3) is 2.94. The molecule has 0 spiro atoms. The molecule has 0 heterocycles. The Kier molecular flexibility index (Phi) is 4.81. The van der Waals surface area contributed by atoms with E-state index in [-0.39, 0.29) is 11.3 Å². The normalized spacial score (nSPS) is 10.7. The molecule has 1 aromatic carbocycles. The lowest BCUT2D eigenvalue weighted by Gasteiger charge is -2.25. The van der Waals surface area contributed by atoms with E-state index in [1.807, 2.05) is 13.8 Å². The minimum atomic E-state index is -0.936. The molecule has 0 radical (unpaired) electrons. The number of nitriles is 1. The van der Waals surface area contributed by atoms with Crippen molar-refractivity contribution in [2.24, 2.45) is 0 Å². The third-order valence-corrected chi connectivity index (χ3v) is 3.52. The maximum Gasteiger partial charge on any atom is 0.273 e. The maximum absolute atomic E-state index is 12.2. The van der Waals surface area contributed by atoms with E-state index in [1.165, 1.54) is 25.1 Å². The van der Waals surface area contributed by atoms with Gasteiger partial charge in [0.1, 0.15) is 5.54 Å². The molecule has 0 unspecified atom stereocenters. The number of benzene rings is 1. The second kappa shape index (κ2) is 6.15. The summed E-state index contributed by atoms with van der Waals surface area (Å²) in [6.45, 7) is 5.15. The van der Waals surface area contributed by atoms with Gasteiger partial charge >= 0.3 is 0 Å². The second-order valence-corrected chi connectivity index (χ2v) is 4.56. The van der Waals surface area contributed by atoms with Crippen LogP contribution in [0.4, 0.5) is 5.69 Å². The molecule has 1 N–H and O–H groups in total. The number of nitrogens with one attached hydrogen (secondary N) is 1. The molecule has 1 amide bonds. The molecule has 0 aromatic heterocycles. The zero-order chi connectivity index (χ0) is 15.3. The van der Waals surface area contributed by atoms with Crippen LogP contribution in [0.15, 0.2) is 18.2 Å². The van der Waals surface area contributed by atoms with Crippen molar-refractivity contribution in [3.8, 4) is 6.07 Å². The smallest absolute Gasteiger partial charge is 0.273 e. The van der Waals surface area contributed by atoms with E-state index in [9.17, 15) is 20.2 Å². The third-order valence-electron chi connectivity index (χ3n) is 3.52. The molecule has 1 rings (SSSR count). The van der Waals surface area contributed by atoms with Gasteiger partial charge in [0.2, 0.25) is 0 Å². The highest BCUT2D eigenvalue weighted by molar-refractivity contribution is 5.97. The van der Waals surface area contributed by atoms with Crippen LogP contribution in [0.25, 0.3) is 0 Å². The van der Waals surface area contributed by atoms with E-state index < -0.39 is 16.4 Å². The van der Waals surface area contributed by atoms with E-state index in [2.05, 4.69) is 11.4 Å². The van der Waals surface area contributed by atoms with Gasteiger partial charge < -0.3 is 5.32 Å². The number of carbonyl (C=O) groups excluding carboxylic acids is 1. The highest BCUT2D eigenvalue weighted by atomic mass is 16.6. The molecule has 0 aliphatic rings. The van der Waals surface area contributed by atoms with Crippen LogP contribution >= 0.6 is 0 Å². The summed E-state index contributed by atoms with van der Waals surface area (Å²) in [4.78, 5) is 22.6. The fraction of sp³-hybridized carbons (Fsp3) is 0.429. The Labute approximate surface area is 117 Å². The number of hydrogen-bond acceptors (Lipinski definition) is 4. The molecular formula is C14H17N3O3. The van der Waals surface area contributed by atoms with Crippen LogP contribution < -0.4 is 5.32 Å². The zero-order valence-corrected chi connectivity index (χ0v) is 11.8. The van der Waals surface area contributed by atoms with Crippen molar-refractivity contribution < 1.29 is 9.72 Å². The Morgan fingerprint density at radius 1 is 1.45 bits per heavy atom. The number of nitrogens with zero attached hydrogens (tertiary/aromatic N) is 2. The standard InChI is InChI=1S/C14H17N3O3/c1-4-14(5-2,9-15)16-13(18)11-7-6-8-12(10(11)3)17(19)20/h6-8H,4-5H2,1-3H3,(H,16,18). The van der Waals surface area contributed by atoms with E-state index in [1.54, 1.807) is 0 Å². The molecule has 1 aromatic rings. The summed E-state index contributed by atoms with van der Waals surface area (Å²) in [5.74, 6) is -0.462. The van der Waals surface area contributed by atoms with Crippen LogP contribution in [0.1, 0.15) is 42.6 Å². The lowest BCUT2D eigenvalue weighted by atomic mass is 9.93. The van der Waals surface area contributed by atoms with Gasteiger partial charge in [-0.1, -0.05) is 19.9 Å². The number of nitro groups is 1. The molecule has 106 valence electrons. The summed E-state index contributed by atoms with van der Waals surface area (Å²) in [5.41, 5.74) is -0.517. The van der Waals surface area contributed by atoms with Gasteiger partial charge in [0, 0.05) is 17.2 Å². The van der Waals surface area contributed by atoms with E-state index in [0.29, 0.717) is 18.4 Å². The summed E-state index contributed by atoms with van der Waals surface area (Å²) in [7, 11) is 0. The van der Waals surface area contributed by atoms with Gasteiger partial charge in [-0.3, -0.25) is 14.9 Å². The molecule has 6 nitrogen and oxygen atoms in total. The van der Waals surface area contributed by atoms with Crippen LogP contribution in [0.3, 0.4) is 0 Å². The van der Waals surface area contributed by atoms with Gasteiger partial charge in [0.25, 0.3) is 11.6 Å². The molecule has 0 saturated carbocycles. The zero-order valence-electron chi connectivity index (χ0n) is 11.8. The quantitative estimate of drug-likeness (QED) is 0.660. The minimum absolute atomic E-state index is 0.104. The van der Waals surface area contributed by atoms with Crippen molar-refractivity contribution in [1.29, 1.82) is 5.26 Å². The van der Waals surface area contributed by atoms with Crippen molar-refractivity contribution in [1.82, 2.24) is 5.32 Å². The number of rotatable bonds is 5. The number of amides is 1. The summed E-state index contributed by atoms with van der Waals surface area (Å²) < 4.78 is 0. The Hall–Kier alpha value is -2.42. The van der Waals surface area contributed by atoms with Crippen molar-refractivity contribution in [3.63, 3.8) is 0 Å². The lowest BCUT2D eigenvalue weighted by Crippen LogP contribution is -2.46. The van der Waals surface area contributed by atoms with Crippen LogP contribution in [-0.2, 0) is 0 Å².